The maximum absolute atomic E-state index is 12.9. The van der Waals surface area contributed by atoms with Crippen LogP contribution in [0.5, 0.6) is 0 Å². The molecule has 2 aromatic heterocycles. The minimum Gasteiger partial charge on any atom is -0.459 e. The second kappa shape index (κ2) is 9.95. The maximum atomic E-state index is 12.9. The van der Waals surface area contributed by atoms with Crippen molar-refractivity contribution in [2.45, 2.75) is 40.7 Å². The van der Waals surface area contributed by atoms with Gasteiger partial charge in [0, 0.05) is 26.1 Å². The van der Waals surface area contributed by atoms with Gasteiger partial charge >= 0.3 is 5.69 Å². The zero-order valence-electron chi connectivity index (χ0n) is 17.7. The van der Waals surface area contributed by atoms with Gasteiger partial charge in [-0.05, 0) is 24.0 Å². The molecule has 0 saturated heterocycles. The molecule has 4 N–H and O–H groups in total. The summed E-state index contributed by atoms with van der Waals surface area (Å²) in [5.74, 6) is -0.596. The van der Waals surface area contributed by atoms with E-state index < -0.39 is 23.1 Å². The Kier molecular flexibility index (Phi) is 7.62. The highest BCUT2D eigenvalue weighted by Crippen LogP contribution is 2.20. The molecule has 0 aliphatic heterocycles. The zero-order chi connectivity index (χ0) is 22.4. The van der Waals surface area contributed by atoms with Gasteiger partial charge in [-0.3, -0.25) is 23.9 Å². The van der Waals surface area contributed by atoms with Crippen molar-refractivity contribution in [2.75, 3.05) is 23.7 Å². The number of nitrogen functional groups attached to an aromatic ring is 1. The Hall–Kier alpha value is -3.30. The van der Waals surface area contributed by atoms with Crippen molar-refractivity contribution in [1.29, 1.82) is 0 Å². The zero-order valence-corrected chi connectivity index (χ0v) is 17.7. The van der Waals surface area contributed by atoms with Gasteiger partial charge in [-0.15, -0.1) is 0 Å². The van der Waals surface area contributed by atoms with Crippen molar-refractivity contribution >= 4 is 23.3 Å². The van der Waals surface area contributed by atoms with Crippen LogP contribution in [0.1, 0.15) is 44.7 Å². The molecule has 0 fully saturated rings. The number of furan rings is 1. The molecule has 0 spiro atoms. The molecule has 2 aromatic rings. The van der Waals surface area contributed by atoms with E-state index in [1.807, 2.05) is 27.7 Å². The van der Waals surface area contributed by atoms with Gasteiger partial charge < -0.3 is 20.4 Å². The second-order valence-electron chi connectivity index (χ2n) is 7.88. The van der Waals surface area contributed by atoms with Crippen molar-refractivity contribution in [1.82, 2.24) is 14.9 Å². The van der Waals surface area contributed by atoms with Crippen LogP contribution in [0.15, 0.2) is 32.4 Å². The Morgan fingerprint density at radius 3 is 2.50 bits per heavy atom. The molecule has 2 rings (SSSR count). The molecule has 0 unspecified atom stereocenters. The van der Waals surface area contributed by atoms with Crippen LogP contribution >= 0.6 is 0 Å². The largest absolute Gasteiger partial charge is 0.459 e. The highest BCUT2D eigenvalue weighted by molar-refractivity contribution is 5.96. The summed E-state index contributed by atoms with van der Waals surface area (Å²) >= 11 is 0. The van der Waals surface area contributed by atoms with Crippen molar-refractivity contribution in [3.05, 3.63) is 45.0 Å². The van der Waals surface area contributed by atoms with E-state index in [9.17, 15) is 19.2 Å². The fraction of sp³-hybridized carbons (Fsp3) is 0.500. The van der Waals surface area contributed by atoms with Gasteiger partial charge in [0.1, 0.15) is 5.82 Å². The van der Waals surface area contributed by atoms with Crippen molar-refractivity contribution in [3.8, 4) is 0 Å². The predicted octanol–water partition coefficient (Wildman–Crippen LogP) is 1.18. The van der Waals surface area contributed by atoms with Crippen molar-refractivity contribution < 1.29 is 14.0 Å². The van der Waals surface area contributed by atoms with Gasteiger partial charge in [0.2, 0.25) is 5.91 Å². The first-order valence-corrected chi connectivity index (χ1v) is 9.86. The summed E-state index contributed by atoms with van der Waals surface area (Å²) in [4.78, 5) is 53.1. The molecule has 0 radical (unpaired) electrons. The van der Waals surface area contributed by atoms with E-state index in [0.29, 0.717) is 6.54 Å². The molecule has 10 heteroatoms. The van der Waals surface area contributed by atoms with Crippen LogP contribution in [0, 0.1) is 11.8 Å². The van der Waals surface area contributed by atoms with Gasteiger partial charge in [0.25, 0.3) is 11.5 Å². The van der Waals surface area contributed by atoms with E-state index in [4.69, 9.17) is 10.2 Å². The fourth-order valence-electron chi connectivity index (χ4n) is 2.98. The number of H-pyrrole nitrogens is 1. The summed E-state index contributed by atoms with van der Waals surface area (Å²) in [6.45, 7) is 8.21. The Labute approximate surface area is 174 Å². The lowest BCUT2D eigenvalue weighted by atomic mass is 10.1. The number of nitrogens with zero attached hydrogens (tertiary/aromatic N) is 2. The monoisotopic (exact) mass is 419 g/mol. The topological polar surface area (TPSA) is 143 Å². The molecular formula is C20H29N5O5. The second-order valence-corrected chi connectivity index (χ2v) is 7.88. The van der Waals surface area contributed by atoms with Gasteiger partial charge in [0.05, 0.1) is 6.26 Å². The Morgan fingerprint density at radius 1 is 1.23 bits per heavy atom. The number of anilines is 2. The number of nitrogens with one attached hydrogen (secondary N) is 2. The average molecular weight is 419 g/mol. The molecular weight excluding hydrogens is 390 g/mol. The first-order chi connectivity index (χ1) is 14.1. The van der Waals surface area contributed by atoms with Crippen LogP contribution in [0.4, 0.5) is 11.5 Å². The minimum absolute atomic E-state index is 0.0379. The Morgan fingerprint density at radius 2 is 1.93 bits per heavy atom. The maximum Gasteiger partial charge on any atom is 0.330 e. The van der Waals surface area contributed by atoms with Crippen LogP contribution in [0.25, 0.3) is 0 Å². The van der Waals surface area contributed by atoms with Crippen LogP contribution < -0.4 is 27.2 Å². The molecule has 0 aromatic carbocycles. The Balaban J connectivity index is 2.26. The van der Waals surface area contributed by atoms with Crippen molar-refractivity contribution in [2.24, 2.45) is 11.8 Å². The summed E-state index contributed by atoms with van der Waals surface area (Å²) in [7, 11) is 0. The van der Waals surface area contributed by atoms with Crippen LogP contribution in [-0.4, -0.2) is 34.5 Å². The summed E-state index contributed by atoms with van der Waals surface area (Å²) < 4.78 is 6.27. The number of carbonyl (C=O) groups excluding carboxylic acids is 2. The predicted molar refractivity (Wildman–Crippen MR) is 113 cm³/mol. The number of aromatic amines is 1. The van der Waals surface area contributed by atoms with Gasteiger partial charge in [-0.25, -0.2) is 4.79 Å². The molecule has 2 heterocycles. The number of aromatic nitrogens is 2. The standard InChI is InChI=1S/C20H29N5O5/c1-12(2)10-24(15(26)7-8-22-18(27)14-6-5-9-30-14)16-17(21)25(11-13(3)4)20(29)23-19(16)28/h5-6,9,12-13H,7-8,10-11,21H2,1-4H3,(H,22,27)(H,23,28,29). The minimum atomic E-state index is -0.717. The highest BCUT2D eigenvalue weighted by Gasteiger charge is 2.25. The number of nitrogens with two attached hydrogens (primary N) is 1. The van der Waals surface area contributed by atoms with Crippen LogP contribution in [0.3, 0.4) is 0 Å². The van der Waals surface area contributed by atoms with Crippen LogP contribution in [-0.2, 0) is 11.3 Å². The first-order valence-electron chi connectivity index (χ1n) is 9.86. The number of carbonyl (C=O) groups is 2. The Bertz CT molecular complexity index is 988. The molecule has 0 bridgehead atoms. The fourth-order valence-corrected chi connectivity index (χ4v) is 2.98. The highest BCUT2D eigenvalue weighted by atomic mass is 16.3. The molecule has 0 aliphatic carbocycles. The summed E-state index contributed by atoms with van der Waals surface area (Å²) in [5, 5.41) is 2.60. The lowest BCUT2D eigenvalue weighted by Crippen LogP contribution is -2.43. The summed E-state index contributed by atoms with van der Waals surface area (Å²) in [6, 6.07) is 3.10. The molecule has 0 saturated carbocycles. The third kappa shape index (κ3) is 5.62. The van der Waals surface area contributed by atoms with E-state index in [-0.39, 0.29) is 48.6 Å². The number of rotatable bonds is 9. The van der Waals surface area contributed by atoms with Crippen molar-refractivity contribution in [3.63, 3.8) is 0 Å². The molecule has 10 nitrogen and oxygen atoms in total. The summed E-state index contributed by atoms with van der Waals surface area (Å²) in [6.07, 6.45) is 1.33. The third-order valence-electron chi connectivity index (χ3n) is 4.25. The number of hydrogen-bond donors (Lipinski definition) is 3. The van der Waals surface area contributed by atoms with Gasteiger partial charge in [-0.1, -0.05) is 27.7 Å². The van der Waals surface area contributed by atoms with E-state index in [0.717, 1.165) is 0 Å². The molecule has 2 amide bonds. The van der Waals surface area contributed by atoms with Crippen LogP contribution in [0.2, 0.25) is 0 Å². The smallest absolute Gasteiger partial charge is 0.330 e. The third-order valence-corrected chi connectivity index (χ3v) is 4.25. The van der Waals surface area contributed by atoms with E-state index >= 15 is 0 Å². The molecule has 0 atom stereocenters. The lowest BCUT2D eigenvalue weighted by Gasteiger charge is -2.26. The quantitative estimate of drug-likeness (QED) is 0.557. The normalized spacial score (nSPS) is 11.1. The lowest BCUT2D eigenvalue weighted by molar-refractivity contribution is -0.118. The SMILES string of the molecule is CC(C)CN(C(=O)CCNC(=O)c1ccco1)c1c(N)n(CC(C)C)c(=O)[nH]c1=O. The average Bonchev–Trinajstić information content (AvgIpc) is 3.18. The van der Waals surface area contributed by atoms with E-state index in [2.05, 4.69) is 10.3 Å². The molecule has 30 heavy (non-hydrogen) atoms. The molecule has 164 valence electrons. The summed E-state index contributed by atoms with van der Waals surface area (Å²) in [5.41, 5.74) is 4.78. The first kappa shape index (κ1) is 23.0. The number of hydrogen-bond acceptors (Lipinski definition) is 6. The number of amides is 2. The van der Waals surface area contributed by atoms with E-state index in [1.54, 1.807) is 6.07 Å². The van der Waals surface area contributed by atoms with Gasteiger partial charge in [-0.2, -0.15) is 0 Å². The van der Waals surface area contributed by atoms with E-state index in [1.165, 1.54) is 21.8 Å². The molecule has 0 aliphatic rings. The van der Waals surface area contributed by atoms with Gasteiger partial charge in [0.15, 0.2) is 11.4 Å².